The second-order valence-electron chi connectivity index (χ2n) is 6.70. The number of nitrogens with zero attached hydrogens (tertiary/aromatic N) is 3. The first kappa shape index (κ1) is 13.2. The SMILES string of the molecule is CCn1nc(C)c2c1N1C(CCC3CCCCC31)C(=O)N2. The maximum absolute atomic E-state index is 12.5. The minimum Gasteiger partial charge on any atom is -0.340 e. The summed E-state index contributed by atoms with van der Waals surface area (Å²) in [4.78, 5) is 15.0. The Hall–Kier alpha value is -1.52. The van der Waals surface area contributed by atoms with E-state index in [2.05, 4.69) is 26.9 Å². The van der Waals surface area contributed by atoms with Crippen molar-refractivity contribution in [3.05, 3.63) is 5.69 Å². The lowest BCUT2D eigenvalue weighted by Gasteiger charge is -2.50. The van der Waals surface area contributed by atoms with E-state index in [1.807, 2.05) is 6.92 Å². The smallest absolute Gasteiger partial charge is 0.247 e. The van der Waals surface area contributed by atoms with Crippen LogP contribution in [0.5, 0.6) is 0 Å². The van der Waals surface area contributed by atoms with Crippen LogP contribution in [0, 0.1) is 12.8 Å². The van der Waals surface area contributed by atoms with Crippen LogP contribution in [0.25, 0.3) is 0 Å². The van der Waals surface area contributed by atoms with E-state index in [0.717, 1.165) is 36.1 Å². The quantitative estimate of drug-likeness (QED) is 0.864. The van der Waals surface area contributed by atoms with E-state index in [1.165, 1.54) is 32.1 Å². The number of piperidine rings is 1. The van der Waals surface area contributed by atoms with E-state index in [-0.39, 0.29) is 11.9 Å². The molecule has 1 aromatic rings. The molecule has 3 atom stereocenters. The van der Waals surface area contributed by atoms with Crippen molar-refractivity contribution in [1.29, 1.82) is 0 Å². The first-order chi connectivity index (χ1) is 10.2. The summed E-state index contributed by atoms with van der Waals surface area (Å²) in [6, 6.07) is 0.543. The molecule has 3 heterocycles. The Morgan fingerprint density at radius 3 is 2.86 bits per heavy atom. The molecule has 4 rings (SSSR count). The van der Waals surface area contributed by atoms with Gasteiger partial charge in [0, 0.05) is 12.6 Å². The summed E-state index contributed by atoms with van der Waals surface area (Å²) in [5.41, 5.74) is 1.89. The maximum atomic E-state index is 12.5. The number of hydrogen-bond acceptors (Lipinski definition) is 3. The molecule has 2 fully saturated rings. The fraction of sp³-hybridized carbons (Fsp3) is 0.750. The standard InChI is InChI=1S/C16H24N4O/c1-3-19-16-14(10(2)18-19)17-15(21)13-9-8-11-6-4-5-7-12(11)20(13)16/h11-13H,3-9H2,1-2H3,(H,17,21). The normalized spacial score (nSPS) is 31.2. The average Bonchev–Trinajstić information content (AvgIpc) is 2.83. The Balaban J connectivity index is 1.83. The molecule has 1 aliphatic carbocycles. The molecule has 1 amide bonds. The highest BCUT2D eigenvalue weighted by Gasteiger charge is 2.46. The van der Waals surface area contributed by atoms with Crippen molar-refractivity contribution in [3.8, 4) is 0 Å². The molecule has 0 radical (unpaired) electrons. The van der Waals surface area contributed by atoms with Gasteiger partial charge in [-0.3, -0.25) is 4.79 Å². The molecule has 1 N–H and O–H groups in total. The number of anilines is 2. The van der Waals surface area contributed by atoms with Gasteiger partial charge >= 0.3 is 0 Å². The van der Waals surface area contributed by atoms with Gasteiger partial charge in [-0.25, -0.2) is 4.68 Å². The van der Waals surface area contributed by atoms with Crippen LogP contribution in [0.1, 0.15) is 51.1 Å². The third-order valence-corrected chi connectivity index (χ3v) is 5.57. The van der Waals surface area contributed by atoms with Gasteiger partial charge in [-0.15, -0.1) is 0 Å². The highest BCUT2D eigenvalue weighted by molar-refractivity contribution is 6.03. The highest BCUT2D eigenvalue weighted by atomic mass is 16.2. The summed E-state index contributed by atoms with van der Waals surface area (Å²) in [6.45, 7) is 4.97. The van der Waals surface area contributed by atoms with Gasteiger partial charge in [-0.2, -0.15) is 5.10 Å². The number of rotatable bonds is 1. The van der Waals surface area contributed by atoms with E-state index in [4.69, 9.17) is 0 Å². The summed E-state index contributed by atoms with van der Waals surface area (Å²) in [5.74, 6) is 2.09. The maximum Gasteiger partial charge on any atom is 0.247 e. The molecule has 3 unspecified atom stereocenters. The number of hydrogen-bond donors (Lipinski definition) is 1. The zero-order valence-electron chi connectivity index (χ0n) is 12.9. The van der Waals surface area contributed by atoms with Crippen molar-refractivity contribution < 1.29 is 4.79 Å². The van der Waals surface area contributed by atoms with Gasteiger partial charge in [0.1, 0.15) is 11.7 Å². The molecule has 0 aromatic carbocycles. The van der Waals surface area contributed by atoms with Crippen molar-refractivity contribution >= 4 is 17.4 Å². The first-order valence-corrected chi connectivity index (χ1v) is 8.37. The van der Waals surface area contributed by atoms with E-state index in [9.17, 15) is 4.79 Å². The van der Waals surface area contributed by atoms with Gasteiger partial charge in [0.15, 0.2) is 5.82 Å². The fourth-order valence-electron chi connectivity index (χ4n) is 4.60. The van der Waals surface area contributed by atoms with Crippen molar-refractivity contribution in [2.75, 3.05) is 10.2 Å². The van der Waals surface area contributed by atoms with Crippen molar-refractivity contribution in [2.24, 2.45) is 5.92 Å². The molecule has 2 aliphatic heterocycles. The Bertz CT molecular complexity index is 579. The summed E-state index contributed by atoms with van der Waals surface area (Å²) in [6.07, 6.45) is 7.38. The molecule has 3 aliphatic rings. The lowest BCUT2D eigenvalue weighted by Crippen LogP contribution is -2.59. The van der Waals surface area contributed by atoms with E-state index in [1.54, 1.807) is 0 Å². The van der Waals surface area contributed by atoms with Crippen molar-refractivity contribution in [2.45, 2.75) is 71.0 Å². The molecular weight excluding hydrogens is 264 g/mol. The Labute approximate surface area is 125 Å². The lowest BCUT2D eigenvalue weighted by molar-refractivity contribution is -0.118. The third kappa shape index (κ3) is 1.82. The Morgan fingerprint density at radius 2 is 2.05 bits per heavy atom. The molecule has 1 saturated carbocycles. The highest BCUT2D eigenvalue weighted by Crippen LogP contribution is 2.45. The van der Waals surface area contributed by atoms with Gasteiger partial charge < -0.3 is 10.2 Å². The number of nitrogens with one attached hydrogen (secondary N) is 1. The van der Waals surface area contributed by atoms with E-state index < -0.39 is 0 Å². The topological polar surface area (TPSA) is 50.2 Å². The number of fused-ring (bicyclic) bond motifs is 5. The number of carbonyl (C=O) groups excluding carboxylic acids is 1. The minimum atomic E-state index is 0.0123. The predicted molar refractivity (Wildman–Crippen MR) is 82.5 cm³/mol. The predicted octanol–water partition coefficient (Wildman–Crippen LogP) is 2.69. The van der Waals surface area contributed by atoms with Crippen LogP contribution in [0.2, 0.25) is 0 Å². The number of aryl methyl sites for hydroxylation is 2. The second-order valence-corrected chi connectivity index (χ2v) is 6.70. The van der Waals surface area contributed by atoms with Gasteiger partial charge in [-0.1, -0.05) is 12.8 Å². The summed E-state index contributed by atoms with van der Waals surface area (Å²) < 4.78 is 2.08. The van der Waals surface area contributed by atoms with Crippen LogP contribution in [0.4, 0.5) is 11.5 Å². The summed E-state index contributed by atoms with van der Waals surface area (Å²) in [7, 11) is 0. The first-order valence-electron chi connectivity index (χ1n) is 8.37. The molecule has 114 valence electrons. The van der Waals surface area contributed by atoms with E-state index >= 15 is 0 Å². The van der Waals surface area contributed by atoms with Crippen LogP contribution in [0.3, 0.4) is 0 Å². The van der Waals surface area contributed by atoms with Crippen LogP contribution < -0.4 is 10.2 Å². The molecule has 0 bridgehead atoms. The third-order valence-electron chi connectivity index (χ3n) is 5.57. The molecule has 21 heavy (non-hydrogen) atoms. The second kappa shape index (κ2) is 4.75. The fourth-order valence-corrected chi connectivity index (χ4v) is 4.60. The summed E-state index contributed by atoms with van der Waals surface area (Å²) >= 11 is 0. The molecule has 1 saturated heterocycles. The Kier molecular flexibility index (Phi) is 2.98. The zero-order valence-corrected chi connectivity index (χ0v) is 12.9. The average molecular weight is 288 g/mol. The summed E-state index contributed by atoms with van der Waals surface area (Å²) in [5, 5.41) is 7.75. The molecular formula is C16H24N4O. The van der Waals surface area contributed by atoms with Crippen LogP contribution in [-0.2, 0) is 11.3 Å². The largest absolute Gasteiger partial charge is 0.340 e. The van der Waals surface area contributed by atoms with Crippen molar-refractivity contribution in [1.82, 2.24) is 9.78 Å². The zero-order chi connectivity index (χ0) is 14.6. The van der Waals surface area contributed by atoms with Crippen LogP contribution >= 0.6 is 0 Å². The van der Waals surface area contributed by atoms with Gasteiger partial charge in [0.25, 0.3) is 0 Å². The minimum absolute atomic E-state index is 0.0123. The van der Waals surface area contributed by atoms with Gasteiger partial charge in [0.05, 0.1) is 5.69 Å². The van der Waals surface area contributed by atoms with Crippen LogP contribution in [0.15, 0.2) is 0 Å². The van der Waals surface area contributed by atoms with Crippen LogP contribution in [-0.4, -0.2) is 27.8 Å². The Morgan fingerprint density at radius 1 is 1.24 bits per heavy atom. The van der Waals surface area contributed by atoms with Crippen molar-refractivity contribution in [3.63, 3.8) is 0 Å². The molecule has 5 nitrogen and oxygen atoms in total. The number of carbonyl (C=O) groups is 1. The lowest BCUT2D eigenvalue weighted by atomic mass is 9.75. The molecule has 0 spiro atoms. The number of aromatic nitrogens is 2. The monoisotopic (exact) mass is 288 g/mol. The van der Waals surface area contributed by atoms with Gasteiger partial charge in [0.2, 0.25) is 5.91 Å². The molecule has 1 aromatic heterocycles. The number of amides is 1. The van der Waals surface area contributed by atoms with Gasteiger partial charge in [-0.05, 0) is 45.4 Å². The molecule has 5 heteroatoms. The van der Waals surface area contributed by atoms with E-state index in [0.29, 0.717) is 6.04 Å².